The molecule has 0 unspecified atom stereocenters. The summed E-state index contributed by atoms with van der Waals surface area (Å²) < 4.78 is 2.10. The van der Waals surface area contributed by atoms with E-state index in [4.69, 9.17) is 11.6 Å². The molecule has 3 nitrogen and oxygen atoms in total. The number of benzene rings is 2. The van der Waals surface area contributed by atoms with Crippen molar-refractivity contribution in [1.29, 1.82) is 0 Å². The lowest BCUT2D eigenvalue weighted by molar-refractivity contribution is 0.731. The molecular formula is C19H18ClN3S. The molecule has 122 valence electrons. The van der Waals surface area contributed by atoms with Crippen LogP contribution in [0.3, 0.4) is 0 Å². The van der Waals surface area contributed by atoms with Gasteiger partial charge in [0, 0.05) is 22.9 Å². The predicted molar refractivity (Wildman–Crippen MR) is 101 cm³/mol. The highest BCUT2D eigenvalue weighted by molar-refractivity contribution is 7.98. The Hall–Kier alpha value is -2.04. The third-order valence-corrected chi connectivity index (χ3v) is 4.91. The van der Waals surface area contributed by atoms with Crippen LogP contribution < -0.4 is 0 Å². The van der Waals surface area contributed by atoms with Gasteiger partial charge in [0.2, 0.25) is 0 Å². The summed E-state index contributed by atoms with van der Waals surface area (Å²) in [6.07, 6.45) is 1.87. The van der Waals surface area contributed by atoms with E-state index in [1.807, 2.05) is 30.3 Å². The van der Waals surface area contributed by atoms with E-state index in [2.05, 4.69) is 52.5 Å². The predicted octanol–water partition coefficient (Wildman–Crippen LogP) is 5.39. The average molecular weight is 356 g/mol. The molecule has 1 aromatic heterocycles. The number of aryl methyl sites for hydroxylation is 1. The zero-order valence-electron chi connectivity index (χ0n) is 13.4. The van der Waals surface area contributed by atoms with Gasteiger partial charge in [-0.3, -0.25) is 4.57 Å². The molecule has 2 aromatic carbocycles. The van der Waals surface area contributed by atoms with Crippen LogP contribution in [0.2, 0.25) is 5.02 Å². The van der Waals surface area contributed by atoms with Crippen molar-refractivity contribution in [3.05, 3.63) is 77.3 Å². The Morgan fingerprint density at radius 2 is 1.79 bits per heavy atom. The number of allylic oxidation sites excluding steroid dienone is 1. The first-order valence-corrected chi connectivity index (χ1v) is 9.02. The highest BCUT2D eigenvalue weighted by Crippen LogP contribution is 2.27. The van der Waals surface area contributed by atoms with Gasteiger partial charge in [-0.2, -0.15) is 0 Å². The van der Waals surface area contributed by atoms with Crippen LogP contribution in [0.4, 0.5) is 0 Å². The SMILES string of the molecule is C=CCn1c(SCc2ccc(Cl)cc2)nnc1-c1ccc(C)cc1. The van der Waals surface area contributed by atoms with Crippen LogP contribution in [0.5, 0.6) is 0 Å². The van der Waals surface area contributed by atoms with E-state index in [-0.39, 0.29) is 0 Å². The molecule has 0 spiro atoms. The van der Waals surface area contributed by atoms with E-state index in [0.717, 1.165) is 27.3 Å². The van der Waals surface area contributed by atoms with Gasteiger partial charge in [-0.05, 0) is 24.6 Å². The minimum Gasteiger partial charge on any atom is -0.298 e. The minimum absolute atomic E-state index is 0.680. The largest absolute Gasteiger partial charge is 0.298 e. The van der Waals surface area contributed by atoms with Gasteiger partial charge in [-0.15, -0.1) is 16.8 Å². The van der Waals surface area contributed by atoms with E-state index < -0.39 is 0 Å². The first-order chi connectivity index (χ1) is 11.7. The molecule has 3 aromatic rings. The first kappa shape index (κ1) is 16.8. The molecule has 0 saturated heterocycles. The number of nitrogens with zero attached hydrogens (tertiary/aromatic N) is 3. The van der Waals surface area contributed by atoms with Gasteiger partial charge in [0.15, 0.2) is 11.0 Å². The zero-order chi connectivity index (χ0) is 16.9. The molecule has 0 radical (unpaired) electrons. The third kappa shape index (κ3) is 3.89. The Kier molecular flexibility index (Phi) is 5.38. The van der Waals surface area contributed by atoms with E-state index in [1.54, 1.807) is 11.8 Å². The van der Waals surface area contributed by atoms with Gasteiger partial charge in [0.25, 0.3) is 0 Å². The van der Waals surface area contributed by atoms with E-state index in [0.29, 0.717) is 6.54 Å². The summed E-state index contributed by atoms with van der Waals surface area (Å²) in [5.74, 6) is 1.69. The summed E-state index contributed by atoms with van der Waals surface area (Å²) in [6, 6.07) is 16.2. The van der Waals surface area contributed by atoms with Crippen molar-refractivity contribution >= 4 is 23.4 Å². The molecule has 0 N–H and O–H groups in total. The molecule has 24 heavy (non-hydrogen) atoms. The van der Waals surface area contributed by atoms with Crippen LogP contribution in [0, 0.1) is 6.92 Å². The van der Waals surface area contributed by atoms with Gasteiger partial charge < -0.3 is 0 Å². The molecule has 0 fully saturated rings. The third-order valence-electron chi connectivity index (χ3n) is 3.62. The standard InChI is InChI=1S/C19H18ClN3S/c1-3-12-23-18(16-8-4-14(2)5-9-16)21-22-19(23)24-13-15-6-10-17(20)11-7-15/h3-11H,1,12-13H2,2H3. The van der Waals surface area contributed by atoms with Crippen molar-refractivity contribution in [2.45, 2.75) is 24.4 Å². The average Bonchev–Trinajstić information content (AvgIpc) is 2.98. The number of hydrogen-bond acceptors (Lipinski definition) is 3. The molecule has 0 atom stereocenters. The highest BCUT2D eigenvalue weighted by atomic mass is 35.5. The smallest absolute Gasteiger partial charge is 0.192 e. The highest BCUT2D eigenvalue weighted by Gasteiger charge is 2.13. The summed E-state index contributed by atoms with van der Waals surface area (Å²) in [5, 5.41) is 10.4. The molecule has 0 amide bonds. The number of halogens is 1. The molecule has 0 aliphatic heterocycles. The normalized spacial score (nSPS) is 10.8. The van der Waals surface area contributed by atoms with Crippen LogP contribution in [0.15, 0.2) is 66.3 Å². The van der Waals surface area contributed by atoms with E-state index in [9.17, 15) is 0 Å². The fraction of sp³-hybridized carbons (Fsp3) is 0.158. The van der Waals surface area contributed by atoms with Crippen molar-refractivity contribution in [1.82, 2.24) is 14.8 Å². The summed E-state index contributed by atoms with van der Waals surface area (Å²) in [5.41, 5.74) is 3.49. The second kappa shape index (κ2) is 7.69. The Morgan fingerprint density at radius 1 is 1.08 bits per heavy atom. The summed E-state index contributed by atoms with van der Waals surface area (Å²) in [4.78, 5) is 0. The van der Waals surface area contributed by atoms with Gasteiger partial charge in [0.05, 0.1) is 0 Å². The van der Waals surface area contributed by atoms with Crippen LogP contribution in [0.1, 0.15) is 11.1 Å². The Balaban J connectivity index is 1.84. The molecule has 5 heteroatoms. The second-order valence-electron chi connectivity index (χ2n) is 5.49. The Labute approximate surface area is 151 Å². The minimum atomic E-state index is 0.680. The van der Waals surface area contributed by atoms with Gasteiger partial charge in [-0.1, -0.05) is 71.4 Å². The fourth-order valence-electron chi connectivity index (χ4n) is 2.33. The zero-order valence-corrected chi connectivity index (χ0v) is 15.0. The topological polar surface area (TPSA) is 30.7 Å². The monoisotopic (exact) mass is 355 g/mol. The van der Waals surface area contributed by atoms with Crippen molar-refractivity contribution in [2.24, 2.45) is 0 Å². The maximum atomic E-state index is 5.93. The van der Waals surface area contributed by atoms with Crippen LogP contribution in [-0.2, 0) is 12.3 Å². The van der Waals surface area contributed by atoms with Crippen molar-refractivity contribution < 1.29 is 0 Å². The summed E-state index contributed by atoms with van der Waals surface area (Å²) >= 11 is 7.60. The Morgan fingerprint density at radius 3 is 2.46 bits per heavy atom. The van der Waals surface area contributed by atoms with Gasteiger partial charge in [-0.25, -0.2) is 0 Å². The maximum absolute atomic E-state index is 5.93. The van der Waals surface area contributed by atoms with Crippen LogP contribution in [-0.4, -0.2) is 14.8 Å². The maximum Gasteiger partial charge on any atom is 0.192 e. The number of rotatable bonds is 6. The summed E-state index contributed by atoms with van der Waals surface area (Å²) in [7, 11) is 0. The summed E-state index contributed by atoms with van der Waals surface area (Å²) in [6.45, 7) is 6.61. The molecule has 1 heterocycles. The molecule has 0 aliphatic carbocycles. The number of aromatic nitrogens is 3. The van der Waals surface area contributed by atoms with Crippen molar-refractivity contribution in [3.63, 3.8) is 0 Å². The Bertz CT molecular complexity index is 823. The lowest BCUT2D eigenvalue weighted by atomic mass is 10.1. The van der Waals surface area contributed by atoms with Crippen LogP contribution in [0.25, 0.3) is 11.4 Å². The fourth-order valence-corrected chi connectivity index (χ4v) is 3.36. The molecule has 3 rings (SSSR count). The lowest BCUT2D eigenvalue weighted by Crippen LogP contribution is -2.00. The van der Waals surface area contributed by atoms with Crippen molar-refractivity contribution in [3.8, 4) is 11.4 Å². The van der Waals surface area contributed by atoms with Gasteiger partial charge >= 0.3 is 0 Å². The van der Waals surface area contributed by atoms with E-state index >= 15 is 0 Å². The first-order valence-electron chi connectivity index (χ1n) is 7.66. The molecule has 0 aliphatic rings. The van der Waals surface area contributed by atoms with Crippen LogP contribution >= 0.6 is 23.4 Å². The molecule has 0 saturated carbocycles. The van der Waals surface area contributed by atoms with E-state index in [1.165, 1.54) is 11.1 Å². The lowest BCUT2D eigenvalue weighted by Gasteiger charge is -2.08. The molecule has 0 bridgehead atoms. The van der Waals surface area contributed by atoms with Gasteiger partial charge in [0.1, 0.15) is 0 Å². The number of thioether (sulfide) groups is 1. The molecular weight excluding hydrogens is 338 g/mol. The number of hydrogen-bond donors (Lipinski definition) is 0. The quantitative estimate of drug-likeness (QED) is 0.439. The van der Waals surface area contributed by atoms with Crippen molar-refractivity contribution in [2.75, 3.05) is 0 Å². The second-order valence-corrected chi connectivity index (χ2v) is 6.87.